The first-order chi connectivity index (χ1) is 22.5. The molecule has 47 heavy (non-hydrogen) atoms. The summed E-state index contributed by atoms with van der Waals surface area (Å²) in [5.41, 5.74) is 5.37. The van der Waals surface area contributed by atoms with Crippen LogP contribution in [0.25, 0.3) is 22.3 Å². The van der Waals surface area contributed by atoms with Gasteiger partial charge in [0.1, 0.15) is 11.5 Å². The second-order valence-corrected chi connectivity index (χ2v) is 14.4. The zero-order valence-electron chi connectivity index (χ0n) is 25.8. The van der Waals surface area contributed by atoms with Crippen molar-refractivity contribution < 1.29 is 25.2 Å². The van der Waals surface area contributed by atoms with Gasteiger partial charge >= 0.3 is 20.2 Å². The molecule has 0 unspecified atom stereocenters. The summed E-state index contributed by atoms with van der Waals surface area (Å²) in [4.78, 5) is 0. The van der Waals surface area contributed by atoms with Crippen LogP contribution in [0.3, 0.4) is 0 Å². The molecule has 0 N–H and O–H groups in total. The van der Waals surface area contributed by atoms with Crippen molar-refractivity contribution >= 4 is 20.2 Å². The van der Waals surface area contributed by atoms with Crippen LogP contribution < -0.4 is 8.37 Å². The van der Waals surface area contributed by atoms with Crippen LogP contribution in [-0.2, 0) is 25.7 Å². The second-order valence-electron chi connectivity index (χ2n) is 11.2. The van der Waals surface area contributed by atoms with Gasteiger partial charge in [-0.15, -0.1) is 0 Å². The van der Waals surface area contributed by atoms with Crippen molar-refractivity contribution in [3.8, 4) is 33.8 Å². The summed E-state index contributed by atoms with van der Waals surface area (Å²) in [6.07, 6.45) is 2.05. The van der Waals surface area contributed by atoms with Gasteiger partial charge in [-0.05, 0) is 57.6 Å². The molecule has 6 aromatic carbocycles. The number of hydrogen-bond acceptors (Lipinski definition) is 6. The van der Waals surface area contributed by atoms with Crippen LogP contribution >= 0.6 is 0 Å². The standard InChI is InChI=1S/C39H32O6S2/c1-46(40,41)44-37-25-23-33(27-35(37)29-15-7-3-8-16-29)39(31-19-11-5-12-20-31,32-21-13-6-14-22-32)34-24-26-38(45-47(2,42)43)36(28-34)30-17-9-4-10-18-30/h3-28H,1-2H3. The Hall–Kier alpha value is -5.18. The van der Waals surface area contributed by atoms with Crippen molar-refractivity contribution in [1.29, 1.82) is 0 Å². The van der Waals surface area contributed by atoms with Crippen LogP contribution in [0.2, 0.25) is 0 Å². The molecule has 0 aromatic heterocycles. The molecule has 0 heterocycles. The smallest absolute Gasteiger partial charge is 0.306 e. The molecule has 6 rings (SSSR count). The topological polar surface area (TPSA) is 86.7 Å². The van der Waals surface area contributed by atoms with E-state index in [4.69, 9.17) is 8.37 Å². The SMILES string of the molecule is CS(=O)(=O)Oc1ccc(C(c2ccccc2)(c2ccccc2)c2ccc(OS(C)(=O)=O)c(-c3ccccc3)c2)cc1-c1ccccc1. The first kappa shape index (κ1) is 31.8. The Balaban J connectivity index is 1.73. The van der Waals surface area contributed by atoms with E-state index in [-0.39, 0.29) is 11.5 Å². The molecule has 0 spiro atoms. The highest BCUT2D eigenvalue weighted by Gasteiger charge is 2.39. The van der Waals surface area contributed by atoms with E-state index in [1.807, 2.05) is 121 Å². The molecule has 0 radical (unpaired) electrons. The van der Waals surface area contributed by atoms with Crippen LogP contribution in [0.4, 0.5) is 0 Å². The summed E-state index contributed by atoms with van der Waals surface area (Å²) in [6, 6.07) is 50.1. The zero-order valence-corrected chi connectivity index (χ0v) is 27.4. The molecule has 0 saturated carbocycles. The fourth-order valence-corrected chi connectivity index (χ4v) is 7.00. The second kappa shape index (κ2) is 12.9. The molecule has 0 aliphatic heterocycles. The van der Waals surface area contributed by atoms with Crippen molar-refractivity contribution in [3.05, 3.63) is 180 Å². The molecule has 0 bridgehead atoms. The van der Waals surface area contributed by atoms with Gasteiger partial charge in [0.2, 0.25) is 0 Å². The Bertz CT molecular complexity index is 2060. The van der Waals surface area contributed by atoms with E-state index in [0.717, 1.165) is 45.9 Å². The molecule has 0 aliphatic carbocycles. The molecule has 236 valence electrons. The summed E-state index contributed by atoms with van der Waals surface area (Å²) in [5, 5.41) is 0. The molecule has 0 amide bonds. The van der Waals surface area contributed by atoms with Gasteiger partial charge in [-0.2, -0.15) is 16.8 Å². The Morgan fingerprint density at radius 3 is 1.04 bits per heavy atom. The average Bonchev–Trinajstić information content (AvgIpc) is 3.07. The third-order valence-electron chi connectivity index (χ3n) is 7.89. The van der Waals surface area contributed by atoms with Crippen LogP contribution in [0, 0.1) is 0 Å². The van der Waals surface area contributed by atoms with E-state index >= 15 is 0 Å². The molecule has 0 aliphatic rings. The van der Waals surface area contributed by atoms with Crippen LogP contribution in [0.1, 0.15) is 22.3 Å². The van der Waals surface area contributed by atoms with Crippen LogP contribution in [0.15, 0.2) is 158 Å². The first-order valence-electron chi connectivity index (χ1n) is 14.8. The van der Waals surface area contributed by atoms with E-state index in [2.05, 4.69) is 24.3 Å². The fraction of sp³-hybridized carbons (Fsp3) is 0.0769. The summed E-state index contributed by atoms with van der Waals surface area (Å²) < 4.78 is 60.4. The summed E-state index contributed by atoms with van der Waals surface area (Å²) >= 11 is 0. The molecule has 6 aromatic rings. The highest BCUT2D eigenvalue weighted by atomic mass is 32.2. The maximum Gasteiger partial charge on any atom is 0.306 e. The normalized spacial score (nSPS) is 12.0. The maximum atomic E-state index is 12.4. The van der Waals surface area contributed by atoms with Crippen molar-refractivity contribution in [2.24, 2.45) is 0 Å². The molecule has 0 saturated heterocycles. The van der Waals surface area contributed by atoms with E-state index in [1.165, 1.54) is 0 Å². The quantitative estimate of drug-likeness (QED) is 0.109. The highest BCUT2D eigenvalue weighted by molar-refractivity contribution is 7.86. The zero-order chi connectivity index (χ0) is 33.1. The van der Waals surface area contributed by atoms with E-state index in [0.29, 0.717) is 11.1 Å². The van der Waals surface area contributed by atoms with Gasteiger partial charge in [-0.1, -0.05) is 133 Å². The minimum atomic E-state index is -3.83. The van der Waals surface area contributed by atoms with E-state index in [9.17, 15) is 16.8 Å². The minimum absolute atomic E-state index is 0.208. The van der Waals surface area contributed by atoms with Crippen molar-refractivity contribution in [1.82, 2.24) is 0 Å². The largest absolute Gasteiger partial charge is 0.382 e. The maximum absolute atomic E-state index is 12.4. The highest BCUT2D eigenvalue weighted by Crippen LogP contribution is 2.49. The summed E-state index contributed by atoms with van der Waals surface area (Å²) in [5.74, 6) is 0.415. The minimum Gasteiger partial charge on any atom is -0.382 e. The molecular weight excluding hydrogens is 629 g/mol. The van der Waals surface area contributed by atoms with Crippen molar-refractivity contribution in [2.45, 2.75) is 5.41 Å². The fourth-order valence-electron chi connectivity index (χ4n) is 6.06. The van der Waals surface area contributed by atoms with Gasteiger partial charge in [0.05, 0.1) is 17.9 Å². The lowest BCUT2D eigenvalue weighted by molar-refractivity contribution is 0.492. The van der Waals surface area contributed by atoms with Crippen molar-refractivity contribution in [3.63, 3.8) is 0 Å². The van der Waals surface area contributed by atoms with Crippen LogP contribution in [-0.4, -0.2) is 29.3 Å². The van der Waals surface area contributed by atoms with Gasteiger partial charge < -0.3 is 8.37 Å². The number of hydrogen-bond donors (Lipinski definition) is 0. The van der Waals surface area contributed by atoms with Crippen LogP contribution in [0.5, 0.6) is 11.5 Å². The Morgan fingerprint density at radius 1 is 0.404 bits per heavy atom. The lowest BCUT2D eigenvalue weighted by Crippen LogP contribution is -2.31. The summed E-state index contributed by atoms with van der Waals surface area (Å²) in [7, 11) is -7.66. The predicted octanol–water partition coefficient (Wildman–Crippen LogP) is 8.08. The Kier molecular flexibility index (Phi) is 8.73. The molecular formula is C39H32O6S2. The lowest BCUT2D eigenvalue weighted by atomic mass is 9.64. The lowest BCUT2D eigenvalue weighted by Gasteiger charge is -2.37. The molecule has 6 nitrogen and oxygen atoms in total. The van der Waals surface area contributed by atoms with Gasteiger partial charge in [0.25, 0.3) is 0 Å². The van der Waals surface area contributed by atoms with Gasteiger partial charge in [-0.3, -0.25) is 0 Å². The molecule has 0 atom stereocenters. The Morgan fingerprint density at radius 2 is 0.723 bits per heavy atom. The van der Waals surface area contributed by atoms with E-state index < -0.39 is 25.7 Å². The van der Waals surface area contributed by atoms with Crippen molar-refractivity contribution in [2.75, 3.05) is 12.5 Å². The number of rotatable bonds is 10. The predicted molar refractivity (Wildman–Crippen MR) is 187 cm³/mol. The molecule has 0 fully saturated rings. The third-order valence-corrected chi connectivity index (χ3v) is 8.86. The number of benzene rings is 6. The first-order valence-corrected chi connectivity index (χ1v) is 18.5. The third kappa shape index (κ3) is 6.84. The van der Waals surface area contributed by atoms with Gasteiger partial charge in [0, 0.05) is 11.1 Å². The Labute approximate surface area is 276 Å². The van der Waals surface area contributed by atoms with Gasteiger partial charge in [-0.25, -0.2) is 0 Å². The van der Waals surface area contributed by atoms with E-state index in [1.54, 1.807) is 12.1 Å². The average molecular weight is 661 g/mol. The monoisotopic (exact) mass is 660 g/mol. The molecule has 8 heteroatoms. The summed E-state index contributed by atoms with van der Waals surface area (Å²) in [6.45, 7) is 0. The van der Waals surface area contributed by atoms with Gasteiger partial charge in [0.15, 0.2) is 0 Å².